The molecule has 1 amide bonds. The molecule has 6 heteroatoms. The minimum atomic E-state index is 0.104. The molecule has 2 atom stereocenters. The van der Waals surface area contributed by atoms with Crippen molar-refractivity contribution in [3.63, 3.8) is 0 Å². The highest BCUT2D eigenvalue weighted by Gasteiger charge is 2.27. The molecule has 0 saturated carbocycles. The van der Waals surface area contributed by atoms with Gasteiger partial charge in [0.05, 0.1) is 43.5 Å². The van der Waals surface area contributed by atoms with Crippen LogP contribution in [0.1, 0.15) is 43.6 Å². The van der Waals surface area contributed by atoms with Gasteiger partial charge >= 0.3 is 0 Å². The highest BCUT2D eigenvalue weighted by molar-refractivity contribution is 5.77. The third-order valence-electron chi connectivity index (χ3n) is 4.48. The second-order valence-electron chi connectivity index (χ2n) is 6.32. The lowest BCUT2D eigenvalue weighted by Crippen LogP contribution is -2.50. The molecule has 1 aliphatic rings. The SMILES string of the molecule is Cc1nn(CCC#N)c(C)c1CCC(=O)N1C[C@@H](C)OC[C@@H]1C. The van der Waals surface area contributed by atoms with E-state index in [2.05, 4.69) is 11.2 Å². The van der Waals surface area contributed by atoms with Gasteiger partial charge in [-0.3, -0.25) is 9.48 Å². The number of aromatic nitrogens is 2. The number of nitrogens with zero attached hydrogens (tertiary/aromatic N) is 4. The highest BCUT2D eigenvalue weighted by atomic mass is 16.5. The Labute approximate surface area is 138 Å². The summed E-state index contributed by atoms with van der Waals surface area (Å²) < 4.78 is 7.45. The van der Waals surface area contributed by atoms with Crippen molar-refractivity contribution < 1.29 is 9.53 Å². The largest absolute Gasteiger partial charge is 0.375 e. The quantitative estimate of drug-likeness (QED) is 0.832. The Morgan fingerprint density at radius 2 is 2.17 bits per heavy atom. The predicted octanol–water partition coefficient (Wildman–Crippen LogP) is 1.98. The molecule has 2 rings (SSSR count). The number of ether oxygens (including phenoxy) is 1. The van der Waals surface area contributed by atoms with Gasteiger partial charge in [0.25, 0.3) is 0 Å². The Hall–Kier alpha value is -1.87. The third kappa shape index (κ3) is 4.11. The van der Waals surface area contributed by atoms with Crippen molar-refractivity contribution in [3.8, 4) is 6.07 Å². The van der Waals surface area contributed by atoms with Gasteiger partial charge in [0.15, 0.2) is 0 Å². The average molecular weight is 318 g/mol. The maximum atomic E-state index is 12.5. The van der Waals surface area contributed by atoms with Gasteiger partial charge in [-0.15, -0.1) is 0 Å². The maximum Gasteiger partial charge on any atom is 0.223 e. The average Bonchev–Trinajstić information content (AvgIpc) is 2.79. The summed E-state index contributed by atoms with van der Waals surface area (Å²) >= 11 is 0. The first-order chi connectivity index (χ1) is 10.9. The van der Waals surface area contributed by atoms with E-state index in [0.717, 1.165) is 17.0 Å². The van der Waals surface area contributed by atoms with Crippen molar-refractivity contribution in [1.82, 2.24) is 14.7 Å². The van der Waals surface area contributed by atoms with Gasteiger partial charge in [0.2, 0.25) is 5.91 Å². The Morgan fingerprint density at radius 3 is 2.87 bits per heavy atom. The lowest BCUT2D eigenvalue weighted by Gasteiger charge is -2.37. The predicted molar refractivity (Wildman–Crippen MR) is 86.8 cm³/mol. The van der Waals surface area contributed by atoms with Gasteiger partial charge < -0.3 is 9.64 Å². The van der Waals surface area contributed by atoms with Crippen LogP contribution in [-0.4, -0.2) is 45.9 Å². The molecule has 0 unspecified atom stereocenters. The summed E-state index contributed by atoms with van der Waals surface area (Å²) in [6.07, 6.45) is 1.74. The zero-order valence-corrected chi connectivity index (χ0v) is 14.5. The van der Waals surface area contributed by atoms with E-state index in [1.807, 2.05) is 37.3 Å². The van der Waals surface area contributed by atoms with Crippen LogP contribution >= 0.6 is 0 Å². The van der Waals surface area contributed by atoms with Crippen LogP contribution in [0.25, 0.3) is 0 Å². The highest BCUT2D eigenvalue weighted by Crippen LogP contribution is 2.18. The molecule has 1 saturated heterocycles. The Balaban J connectivity index is 1.99. The summed E-state index contributed by atoms with van der Waals surface area (Å²) in [6, 6.07) is 2.28. The van der Waals surface area contributed by atoms with Gasteiger partial charge in [0.1, 0.15) is 0 Å². The maximum absolute atomic E-state index is 12.5. The van der Waals surface area contributed by atoms with Crippen molar-refractivity contribution >= 4 is 5.91 Å². The Bertz CT molecular complexity index is 602. The van der Waals surface area contributed by atoms with E-state index in [0.29, 0.717) is 39.0 Å². The number of hydrogen-bond donors (Lipinski definition) is 0. The number of hydrogen-bond acceptors (Lipinski definition) is 4. The van der Waals surface area contributed by atoms with Crippen molar-refractivity contribution in [2.24, 2.45) is 0 Å². The van der Waals surface area contributed by atoms with Crippen LogP contribution < -0.4 is 0 Å². The number of morpholine rings is 1. The molecule has 2 heterocycles. The molecule has 0 bridgehead atoms. The summed E-state index contributed by atoms with van der Waals surface area (Å²) in [7, 11) is 0. The zero-order chi connectivity index (χ0) is 17.0. The first-order valence-corrected chi connectivity index (χ1v) is 8.25. The second kappa shape index (κ2) is 7.60. The van der Waals surface area contributed by atoms with E-state index in [4.69, 9.17) is 10.00 Å². The van der Waals surface area contributed by atoms with E-state index >= 15 is 0 Å². The summed E-state index contributed by atoms with van der Waals surface area (Å²) in [5.74, 6) is 0.177. The molecular formula is C17H26N4O2. The minimum absolute atomic E-state index is 0.104. The fraction of sp³-hybridized carbons (Fsp3) is 0.706. The molecule has 1 aliphatic heterocycles. The van der Waals surface area contributed by atoms with E-state index < -0.39 is 0 Å². The van der Waals surface area contributed by atoms with Crippen LogP contribution in [-0.2, 0) is 22.5 Å². The van der Waals surface area contributed by atoms with Gasteiger partial charge in [-0.1, -0.05) is 0 Å². The number of carbonyl (C=O) groups excluding carboxylic acids is 1. The monoisotopic (exact) mass is 318 g/mol. The molecule has 1 fully saturated rings. The number of rotatable bonds is 5. The molecule has 1 aromatic rings. The number of nitriles is 1. The second-order valence-corrected chi connectivity index (χ2v) is 6.32. The number of amides is 1. The van der Waals surface area contributed by atoms with Crippen LogP contribution in [0.15, 0.2) is 0 Å². The van der Waals surface area contributed by atoms with Crippen LogP contribution in [0.2, 0.25) is 0 Å². The van der Waals surface area contributed by atoms with Gasteiger partial charge in [-0.05, 0) is 39.7 Å². The normalized spacial score (nSPS) is 21.3. The first kappa shape index (κ1) is 17.5. The van der Waals surface area contributed by atoms with E-state index in [1.54, 1.807) is 0 Å². The van der Waals surface area contributed by atoms with Crippen molar-refractivity contribution in [2.45, 2.75) is 65.6 Å². The number of carbonyl (C=O) groups is 1. The van der Waals surface area contributed by atoms with Gasteiger partial charge in [0, 0.05) is 18.7 Å². The fourth-order valence-corrected chi connectivity index (χ4v) is 3.10. The third-order valence-corrected chi connectivity index (χ3v) is 4.48. The first-order valence-electron chi connectivity index (χ1n) is 8.25. The summed E-state index contributed by atoms with van der Waals surface area (Å²) in [5, 5.41) is 13.2. The van der Waals surface area contributed by atoms with E-state index in [9.17, 15) is 4.79 Å². The minimum Gasteiger partial charge on any atom is -0.375 e. The molecule has 23 heavy (non-hydrogen) atoms. The van der Waals surface area contributed by atoms with E-state index in [1.165, 1.54) is 0 Å². The standard InChI is InChI=1S/C17H26N4O2/c1-12-11-23-13(2)10-20(12)17(22)7-6-16-14(3)19-21(15(16)4)9-5-8-18/h12-13H,5-7,9-11H2,1-4H3/t12-,13+/m0/s1. The summed E-state index contributed by atoms with van der Waals surface area (Å²) in [6.45, 7) is 9.89. The molecule has 0 aromatic carbocycles. The van der Waals surface area contributed by atoms with Crippen LogP contribution in [0.4, 0.5) is 0 Å². The lowest BCUT2D eigenvalue weighted by atomic mass is 10.1. The van der Waals surface area contributed by atoms with Gasteiger partial charge in [-0.2, -0.15) is 10.4 Å². The van der Waals surface area contributed by atoms with Crippen LogP contribution in [0, 0.1) is 25.2 Å². The molecule has 126 valence electrons. The topological polar surface area (TPSA) is 71.2 Å². The zero-order valence-electron chi connectivity index (χ0n) is 14.5. The summed E-state index contributed by atoms with van der Waals surface area (Å²) in [5.41, 5.74) is 3.15. The summed E-state index contributed by atoms with van der Waals surface area (Å²) in [4.78, 5) is 14.5. The molecule has 0 radical (unpaired) electrons. The van der Waals surface area contributed by atoms with Gasteiger partial charge in [-0.25, -0.2) is 0 Å². The molecular weight excluding hydrogens is 292 g/mol. The van der Waals surface area contributed by atoms with E-state index in [-0.39, 0.29) is 18.1 Å². The Kier molecular flexibility index (Phi) is 5.78. The molecule has 0 aliphatic carbocycles. The van der Waals surface area contributed by atoms with Crippen LogP contribution in [0.3, 0.4) is 0 Å². The lowest BCUT2D eigenvalue weighted by molar-refractivity contribution is -0.143. The molecule has 0 spiro atoms. The van der Waals surface area contributed by atoms with Crippen molar-refractivity contribution in [1.29, 1.82) is 5.26 Å². The van der Waals surface area contributed by atoms with Crippen molar-refractivity contribution in [3.05, 3.63) is 17.0 Å². The van der Waals surface area contributed by atoms with Crippen LogP contribution in [0.5, 0.6) is 0 Å². The molecule has 6 nitrogen and oxygen atoms in total. The fourth-order valence-electron chi connectivity index (χ4n) is 3.10. The molecule has 0 N–H and O–H groups in total. The van der Waals surface area contributed by atoms with Crippen molar-refractivity contribution in [2.75, 3.05) is 13.2 Å². The Morgan fingerprint density at radius 1 is 1.43 bits per heavy atom. The number of aryl methyl sites for hydroxylation is 2. The smallest absolute Gasteiger partial charge is 0.223 e. The molecule has 1 aromatic heterocycles.